The van der Waals surface area contributed by atoms with Crippen molar-refractivity contribution < 1.29 is 9.90 Å². The minimum Gasteiger partial charge on any atom is -0.480 e. The van der Waals surface area contributed by atoms with E-state index in [9.17, 15) is 4.79 Å². The lowest BCUT2D eigenvalue weighted by Crippen LogP contribution is -2.33. The molecule has 1 aromatic rings. The van der Waals surface area contributed by atoms with Crippen LogP contribution in [0.4, 0.5) is 5.95 Å². The molecule has 0 amide bonds. The van der Waals surface area contributed by atoms with Crippen LogP contribution < -0.4 is 11.1 Å². The van der Waals surface area contributed by atoms with Gasteiger partial charge in [0.05, 0.1) is 0 Å². The third-order valence-corrected chi connectivity index (χ3v) is 1.71. The van der Waals surface area contributed by atoms with Crippen LogP contribution in [0, 0.1) is 0 Å². The van der Waals surface area contributed by atoms with E-state index in [0.29, 0.717) is 6.54 Å². The molecule has 1 atom stereocenters. The number of nitrogens with two attached hydrogens (primary N) is 1. The maximum Gasteiger partial charge on any atom is 0.320 e. The molecule has 4 N–H and O–H groups in total. The van der Waals surface area contributed by atoms with Crippen molar-refractivity contribution in [3.8, 4) is 0 Å². The van der Waals surface area contributed by atoms with Crippen molar-refractivity contribution in [3.63, 3.8) is 0 Å². The number of aromatic nitrogens is 2. The van der Waals surface area contributed by atoms with Gasteiger partial charge in [0.1, 0.15) is 6.04 Å². The quantitative estimate of drug-likeness (QED) is 0.607. The van der Waals surface area contributed by atoms with Gasteiger partial charge in [-0.15, -0.1) is 0 Å². The molecule has 0 radical (unpaired) electrons. The molecule has 0 saturated heterocycles. The van der Waals surface area contributed by atoms with Gasteiger partial charge < -0.3 is 16.2 Å². The van der Waals surface area contributed by atoms with Crippen molar-refractivity contribution in [1.82, 2.24) is 15.3 Å². The summed E-state index contributed by atoms with van der Waals surface area (Å²) in [4.78, 5) is 18.0. The van der Waals surface area contributed by atoms with Crippen LogP contribution in [0.1, 0.15) is 12.5 Å². The van der Waals surface area contributed by atoms with Crippen molar-refractivity contribution in [1.29, 1.82) is 0 Å². The Bertz CT molecular complexity index is 312. The van der Waals surface area contributed by atoms with E-state index in [1.54, 1.807) is 19.3 Å². The van der Waals surface area contributed by atoms with Gasteiger partial charge in [0.2, 0.25) is 5.95 Å². The number of carboxylic acids is 1. The van der Waals surface area contributed by atoms with E-state index in [4.69, 9.17) is 10.8 Å². The molecule has 76 valence electrons. The lowest BCUT2D eigenvalue weighted by atomic mass is 10.3. The van der Waals surface area contributed by atoms with Crippen LogP contribution in [0.15, 0.2) is 12.4 Å². The van der Waals surface area contributed by atoms with Crippen LogP contribution in [-0.2, 0) is 11.3 Å². The van der Waals surface area contributed by atoms with Crippen LogP contribution in [0.5, 0.6) is 0 Å². The van der Waals surface area contributed by atoms with Gasteiger partial charge in [-0.3, -0.25) is 4.79 Å². The second-order valence-corrected chi connectivity index (χ2v) is 2.89. The zero-order valence-corrected chi connectivity index (χ0v) is 7.77. The molecule has 6 nitrogen and oxygen atoms in total. The molecule has 1 aromatic heterocycles. The second kappa shape index (κ2) is 4.52. The van der Waals surface area contributed by atoms with Crippen molar-refractivity contribution in [2.75, 3.05) is 5.73 Å². The summed E-state index contributed by atoms with van der Waals surface area (Å²) >= 11 is 0. The van der Waals surface area contributed by atoms with Crippen molar-refractivity contribution in [2.45, 2.75) is 19.5 Å². The number of carboxylic acid groups (broad SMARTS) is 1. The smallest absolute Gasteiger partial charge is 0.320 e. The van der Waals surface area contributed by atoms with Crippen molar-refractivity contribution in [3.05, 3.63) is 18.0 Å². The molecular formula is C8H12N4O2. The first kappa shape index (κ1) is 10.4. The highest BCUT2D eigenvalue weighted by molar-refractivity contribution is 5.72. The predicted octanol–water partition coefficient (Wildman–Crippen LogP) is -0.378. The van der Waals surface area contributed by atoms with Crippen molar-refractivity contribution >= 4 is 11.9 Å². The topological polar surface area (TPSA) is 101 Å². The number of hydrogen-bond donors (Lipinski definition) is 3. The summed E-state index contributed by atoms with van der Waals surface area (Å²) in [6, 6.07) is -0.590. The second-order valence-electron chi connectivity index (χ2n) is 2.89. The Morgan fingerprint density at radius 1 is 1.64 bits per heavy atom. The summed E-state index contributed by atoms with van der Waals surface area (Å²) < 4.78 is 0. The maximum absolute atomic E-state index is 10.5. The van der Waals surface area contributed by atoms with Gasteiger partial charge in [-0.2, -0.15) is 0 Å². The average molecular weight is 196 g/mol. The number of anilines is 1. The van der Waals surface area contributed by atoms with Gasteiger partial charge in [-0.1, -0.05) is 0 Å². The molecule has 0 spiro atoms. The number of nitrogen functional groups attached to an aromatic ring is 1. The zero-order valence-electron chi connectivity index (χ0n) is 7.77. The number of aliphatic carboxylic acids is 1. The fourth-order valence-electron chi connectivity index (χ4n) is 0.814. The minimum absolute atomic E-state index is 0.208. The molecule has 0 aliphatic heterocycles. The first-order valence-electron chi connectivity index (χ1n) is 4.12. The largest absolute Gasteiger partial charge is 0.480 e. The molecule has 0 fully saturated rings. The van der Waals surface area contributed by atoms with Crippen LogP contribution in [0.2, 0.25) is 0 Å². The first-order valence-corrected chi connectivity index (χ1v) is 4.12. The average Bonchev–Trinajstić information content (AvgIpc) is 2.16. The Hall–Kier alpha value is -1.69. The molecule has 0 unspecified atom stereocenters. The fraction of sp³-hybridized carbons (Fsp3) is 0.375. The van der Waals surface area contributed by atoms with Crippen LogP contribution >= 0.6 is 0 Å². The van der Waals surface area contributed by atoms with Crippen LogP contribution in [-0.4, -0.2) is 27.1 Å². The number of carbonyl (C=O) groups is 1. The third-order valence-electron chi connectivity index (χ3n) is 1.71. The summed E-state index contributed by atoms with van der Waals surface area (Å²) in [5.41, 5.74) is 6.09. The highest BCUT2D eigenvalue weighted by atomic mass is 16.4. The maximum atomic E-state index is 10.5. The Morgan fingerprint density at radius 2 is 2.21 bits per heavy atom. The van der Waals surface area contributed by atoms with E-state index >= 15 is 0 Å². The fourth-order valence-corrected chi connectivity index (χ4v) is 0.814. The number of nitrogens with one attached hydrogen (secondary N) is 1. The Balaban J connectivity index is 2.46. The standard InChI is InChI=1S/C8H12N4O2/c1-5(7(13)14)10-2-6-3-11-8(9)12-4-6/h3-5,10H,2H2,1H3,(H,13,14)(H2,9,11,12)/t5-/m1/s1. The van der Waals surface area contributed by atoms with E-state index in [0.717, 1.165) is 5.56 Å². The summed E-state index contributed by atoms with van der Waals surface area (Å²) in [5, 5.41) is 11.4. The summed E-state index contributed by atoms with van der Waals surface area (Å²) in [6.45, 7) is 1.98. The Labute approximate surface area is 81.2 Å². The van der Waals surface area contributed by atoms with Crippen LogP contribution in [0.3, 0.4) is 0 Å². The van der Waals surface area contributed by atoms with Crippen molar-refractivity contribution in [2.24, 2.45) is 0 Å². The van der Waals surface area contributed by atoms with E-state index in [1.165, 1.54) is 0 Å². The lowest BCUT2D eigenvalue weighted by molar-refractivity contribution is -0.139. The third kappa shape index (κ3) is 2.98. The van der Waals surface area contributed by atoms with Gasteiger partial charge >= 0.3 is 5.97 Å². The minimum atomic E-state index is -0.888. The molecule has 0 aliphatic carbocycles. The van der Waals surface area contributed by atoms with Gasteiger partial charge in [-0.25, -0.2) is 9.97 Å². The Morgan fingerprint density at radius 3 is 2.71 bits per heavy atom. The molecular weight excluding hydrogens is 184 g/mol. The van der Waals surface area contributed by atoms with Gasteiger partial charge in [0.25, 0.3) is 0 Å². The van der Waals surface area contributed by atoms with Crippen LogP contribution in [0.25, 0.3) is 0 Å². The monoisotopic (exact) mass is 196 g/mol. The summed E-state index contributed by atoms with van der Waals surface area (Å²) in [6.07, 6.45) is 3.12. The normalized spacial score (nSPS) is 12.4. The highest BCUT2D eigenvalue weighted by Gasteiger charge is 2.09. The lowest BCUT2D eigenvalue weighted by Gasteiger charge is -2.08. The molecule has 6 heteroatoms. The van der Waals surface area contributed by atoms with Gasteiger partial charge in [0.15, 0.2) is 0 Å². The number of nitrogens with zero attached hydrogens (tertiary/aromatic N) is 2. The van der Waals surface area contributed by atoms with E-state index in [1.807, 2.05) is 0 Å². The van der Waals surface area contributed by atoms with E-state index in [-0.39, 0.29) is 5.95 Å². The molecule has 14 heavy (non-hydrogen) atoms. The molecule has 0 aliphatic rings. The van der Waals surface area contributed by atoms with Gasteiger partial charge in [0, 0.05) is 24.5 Å². The summed E-state index contributed by atoms with van der Waals surface area (Å²) in [7, 11) is 0. The SMILES string of the molecule is C[C@@H](NCc1cnc(N)nc1)C(=O)O. The molecule has 0 saturated carbocycles. The van der Waals surface area contributed by atoms with E-state index < -0.39 is 12.0 Å². The molecule has 1 rings (SSSR count). The highest BCUT2D eigenvalue weighted by Crippen LogP contribution is 1.96. The zero-order chi connectivity index (χ0) is 10.6. The predicted molar refractivity (Wildman–Crippen MR) is 50.4 cm³/mol. The first-order chi connectivity index (χ1) is 6.59. The number of rotatable bonds is 4. The molecule has 1 heterocycles. The number of hydrogen-bond acceptors (Lipinski definition) is 5. The Kier molecular flexibility index (Phi) is 3.35. The van der Waals surface area contributed by atoms with Gasteiger partial charge in [-0.05, 0) is 6.92 Å². The van der Waals surface area contributed by atoms with E-state index in [2.05, 4.69) is 15.3 Å². The summed E-state index contributed by atoms with van der Waals surface area (Å²) in [5.74, 6) is -0.679. The molecule has 0 bridgehead atoms. The molecule has 0 aromatic carbocycles.